The van der Waals surface area contributed by atoms with Crippen LogP contribution in [0, 0.1) is 5.92 Å². The van der Waals surface area contributed by atoms with Crippen LogP contribution in [-0.2, 0) is 22.6 Å². The summed E-state index contributed by atoms with van der Waals surface area (Å²) in [7, 11) is 0. The van der Waals surface area contributed by atoms with E-state index in [-0.39, 0.29) is 30.6 Å². The van der Waals surface area contributed by atoms with Gasteiger partial charge in [-0.15, -0.1) is 0 Å². The number of ether oxygens (including phenoxy) is 2. The fourth-order valence-corrected chi connectivity index (χ4v) is 7.72. The second-order valence-corrected chi connectivity index (χ2v) is 13.8. The van der Waals surface area contributed by atoms with E-state index >= 15 is 0 Å². The molecule has 5 atom stereocenters. The van der Waals surface area contributed by atoms with Crippen molar-refractivity contribution in [2.75, 3.05) is 32.7 Å². The van der Waals surface area contributed by atoms with E-state index in [0.29, 0.717) is 18.2 Å². The molecule has 4 aromatic rings. The van der Waals surface area contributed by atoms with Gasteiger partial charge in [-0.1, -0.05) is 79.7 Å². The first kappa shape index (κ1) is 33.6. The van der Waals surface area contributed by atoms with Crippen LogP contribution in [0.2, 0.25) is 0 Å². The Labute approximate surface area is 290 Å². The Bertz CT molecular complexity index is 1660. The normalized spacial score (nSPS) is 24.7. The number of nitrogens with one attached hydrogen (secondary N) is 1. The number of aromatic nitrogens is 1. The molecule has 1 aromatic heterocycles. The molecule has 49 heavy (non-hydrogen) atoms. The molecule has 4 heterocycles. The van der Waals surface area contributed by atoms with Crippen molar-refractivity contribution in [3.63, 3.8) is 0 Å². The Kier molecular flexibility index (Phi) is 10.8. The first-order valence-electron chi connectivity index (χ1n) is 17.9. The molecule has 2 N–H and O–H groups in total. The van der Waals surface area contributed by atoms with Crippen molar-refractivity contribution in [2.45, 2.75) is 70.3 Å². The zero-order chi connectivity index (χ0) is 33.6. The van der Waals surface area contributed by atoms with Crippen LogP contribution in [0.4, 0.5) is 0 Å². The molecule has 256 valence electrons. The molecule has 1 amide bonds. The SMILES string of the molecule is C[C@H]1[C@@H](CN2CCC[C@H]2CN2CCCC2)O[C@@H](c2ccc(-c3ccccc3CNC(=O)c3cccnc3)cc2)O[C@H]1c1ccc(CO)cc1. The molecule has 0 bridgehead atoms. The number of carbonyl (C=O) groups excluding carboxylic acids is 1. The van der Waals surface area contributed by atoms with Gasteiger partial charge >= 0.3 is 0 Å². The van der Waals surface area contributed by atoms with Crippen molar-refractivity contribution in [3.8, 4) is 11.1 Å². The highest BCUT2D eigenvalue weighted by molar-refractivity contribution is 5.93. The van der Waals surface area contributed by atoms with E-state index in [1.807, 2.05) is 30.3 Å². The molecule has 3 aliphatic heterocycles. The smallest absolute Gasteiger partial charge is 0.253 e. The number of amides is 1. The van der Waals surface area contributed by atoms with Gasteiger partial charge in [-0.2, -0.15) is 0 Å². The minimum atomic E-state index is -0.508. The quantitative estimate of drug-likeness (QED) is 0.189. The standard InChI is InChI=1S/C41H48N4O4/c1-29-38(27-45-23-7-10-36(45)26-44-21-4-5-22-44)48-41(49-39(29)32-14-12-30(28-46)13-15-32)33-18-16-31(17-19-33)37-11-3-2-8-34(37)25-43-40(47)35-9-6-20-42-24-35/h2-3,6,8-9,11-20,24,29,36,38-39,41,46H,4-5,7,10,21-23,25-28H2,1H3,(H,43,47)/t29-,36-,38+,39+,41+/m0/s1. The fourth-order valence-electron chi connectivity index (χ4n) is 7.72. The van der Waals surface area contributed by atoms with Crippen molar-refractivity contribution in [1.29, 1.82) is 0 Å². The maximum atomic E-state index is 12.7. The van der Waals surface area contributed by atoms with E-state index in [4.69, 9.17) is 9.47 Å². The third-order valence-corrected chi connectivity index (χ3v) is 10.6. The van der Waals surface area contributed by atoms with E-state index in [0.717, 1.165) is 53.0 Å². The highest BCUT2D eigenvalue weighted by Crippen LogP contribution is 2.42. The summed E-state index contributed by atoms with van der Waals surface area (Å²) in [5.74, 6) is 0.00257. The Morgan fingerprint density at radius 2 is 1.65 bits per heavy atom. The molecule has 0 radical (unpaired) electrons. The summed E-state index contributed by atoms with van der Waals surface area (Å²) in [5.41, 5.74) is 6.69. The van der Waals surface area contributed by atoms with E-state index in [1.165, 1.54) is 38.8 Å². The fraction of sp³-hybridized carbons (Fsp3) is 0.415. The summed E-state index contributed by atoms with van der Waals surface area (Å²) in [6.45, 7) is 8.30. The number of likely N-dealkylation sites (tertiary alicyclic amines) is 2. The average Bonchev–Trinajstić information content (AvgIpc) is 3.84. The van der Waals surface area contributed by atoms with Crippen molar-refractivity contribution >= 4 is 5.91 Å². The van der Waals surface area contributed by atoms with Crippen LogP contribution in [0.15, 0.2) is 97.3 Å². The molecule has 3 saturated heterocycles. The molecule has 3 fully saturated rings. The maximum absolute atomic E-state index is 12.7. The second kappa shape index (κ2) is 15.7. The van der Waals surface area contributed by atoms with Gasteiger partial charge in [-0.3, -0.25) is 14.7 Å². The van der Waals surface area contributed by atoms with Gasteiger partial charge in [0.15, 0.2) is 6.29 Å². The van der Waals surface area contributed by atoms with Crippen LogP contribution < -0.4 is 5.32 Å². The molecule has 8 nitrogen and oxygen atoms in total. The molecule has 0 spiro atoms. The summed E-state index contributed by atoms with van der Waals surface area (Å²) >= 11 is 0. The van der Waals surface area contributed by atoms with Crippen molar-refractivity contribution in [1.82, 2.24) is 20.1 Å². The highest BCUT2D eigenvalue weighted by Gasteiger charge is 2.40. The molecule has 0 aliphatic carbocycles. The lowest BCUT2D eigenvalue weighted by atomic mass is 9.89. The highest BCUT2D eigenvalue weighted by atomic mass is 16.7. The van der Waals surface area contributed by atoms with Crippen molar-refractivity contribution in [2.24, 2.45) is 5.92 Å². The lowest BCUT2D eigenvalue weighted by molar-refractivity contribution is -0.276. The minimum absolute atomic E-state index is 0.00396. The first-order valence-corrected chi connectivity index (χ1v) is 17.9. The molecule has 0 unspecified atom stereocenters. The lowest BCUT2D eigenvalue weighted by Gasteiger charge is -2.43. The second-order valence-electron chi connectivity index (χ2n) is 13.8. The molecule has 7 rings (SSSR count). The first-order chi connectivity index (χ1) is 24.1. The molecule has 8 heteroatoms. The van der Waals surface area contributed by atoms with Gasteiger partial charge in [0.1, 0.15) is 0 Å². The van der Waals surface area contributed by atoms with E-state index in [2.05, 4.69) is 69.5 Å². The van der Waals surface area contributed by atoms with E-state index in [9.17, 15) is 9.90 Å². The van der Waals surface area contributed by atoms with Gasteiger partial charge in [-0.25, -0.2) is 0 Å². The number of nitrogens with zero attached hydrogens (tertiary/aromatic N) is 3. The largest absolute Gasteiger partial charge is 0.392 e. The Morgan fingerprint density at radius 1 is 0.878 bits per heavy atom. The zero-order valence-electron chi connectivity index (χ0n) is 28.4. The number of benzene rings is 3. The van der Waals surface area contributed by atoms with Gasteiger partial charge < -0.3 is 24.8 Å². The Hall–Kier alpha value is -3.92. The molecule has 0 saturated carbocycles. The predicted octanol–water partition coefficient (Wildman–Crippen LogP) is 6.52. The summed E-state index contributed by atoms with van der Waals surface area (Å²) in [6.07, 6.45) is 7.72. The number of aliphatic hydroxyl groups is 1. The van der Waals surface area contributed by atoms with Gasteiger partial charge in [0.05, 0.1) is 24.4 Å². The summed E-state index contributed by atoms with van der Waals surface area (Å²) < 4.78 is 13.7. The summed E-state index contributed by atoms with van der Waals surface area (Å²) in [6, 6.07) is 28.9. The monoisotopic (exact) mass is 660 g/mol. The Morgan fingerprint density at radius 3 is 2.41 bits per heavy atom. The van der Waals surface area contributed by atoms with Crippen LogP contribution in [0.5, 0.6) is 0 Å². The predicted molar refractivity (Wildman–Crippen MR) is 191 cm³/mol. The third-order valence-electron chi connectivity index (χ3n) is 10.6. The van der Waals surface area contributed by atoms with Crippen LogP contribution in [0.1, 0.15) is 77.6 Å². The number of carbonyl (C=O) groups is 1. The minimum Gasteiger partial charge on any atom is -0.392 e. The third kappa shape index (κ3) is 7.95. The molecule has 3 aliphatic rings. The number of hydrogen-bond acceptors (Lipinski definition) is 7. The van der Waals surface area contributed by atoms with E-state index in [1.54, 1.807) is 24.5 Å². The van der Waals surface area contributed by atoms with Gasteiger partial charge in [0.2, 0.25) is 0 Å². The topological polar surface area (TPSA) is 87.2 Å². The van der Waals surface area contributed by atoms with Gasteiger partial charge in [0.25, 0.3) is 5.91 Å². The molecular formula is C41H48N4O4. The number of hydrogen-bond donors (Lipinski definition) is 2. The van der Waals surface area contributed by atoms with Crippen molar-refractivity contribution in [3.05, 3.63) is 125 Å². The molecular weight excluding hydrogens is 612 g/mol. The van der Waals surface area contributed by atoms with Crippen LogP contribution in [-0.4, -0.2) is 70.7 Å². The maximum Gasteiger partial charge on any atom is 0.253 e. The van der Waals surface area contributed by atoms with E-state index < -0.39 is 6.29 Å². The lowest BCUT2D eigenvalue weighted by Crippen LogP contribution is -2.48. The van der Waals surface area contributed by atoms with Gasteiger partial charge in [0, 0.05) is 49.6 Å². The molecule has 3 aromatic carbocycles. The van der Waals surface area contributed by atoms with Crippen LogP contribution >= 0.6 is 0 Å². The Balaban J connectivity index is 1.09. The van der Waals surface area contributed by atoms with Crippen LogP contribution in [0.3, 0.4) is 0 Å². The average molecular weight is 661 g/mol. The zero-order valence-corrected chi connectivity index (χ0v) is 28.4. The number of aliphatic hydroxyl groups excluding tert-OH is 1. The van der Waals surface area contributed by atoms with Gasteiger partial charge in [-0.05, 0) is 85.3 Å². The summed E-state index contributed by atoms with van der Waals surface area (Å²) in [4.78, 5) is 22.1. The number of rotatable bonds is 11. The summed E-state index contributed by atoms with van der Waals surface area (Å²) in [5, 5.41) is 12.7. The van der Waals surface area contributed by atoms with Crippen molar-refractivity contribution < 1.29 is 19.4 Å². The van der Waals surface area contributed by atoms with Crippen LogP contribution in [0.25, 0.3) is 11.1 Å². The number of pyridine rings is 1.